The van der Waals surface area contributed by atoms with Gasteiger partial charge in [0, 0.05) is 32.9 Å². The molecule has 0 radical (unpaired) electrons. The zero-order valence-electron chi connectivity index (χ0n) is 16.8. The molecule has 5 heteroatoms. The fraction of sp³-hybridized carbons (Fsp3) is 0.167. The summed E-state index contributed by atoms with van der Waals surface area (Å²) in [6.07, 6.45) is 0.586. The molecule has 148 valence electrons. The molecule has 4 aromatic carbocycles. The van der Waals surface area contributed by atoms with Crippen molar-refractivity contribution >= 4 is 35.5 Å². The summed E-state index contributed by atoms with van der Waals surface area (Å²) in [6.45, 7) is 0. The standard InChI is InChI=1S/C24H24O4Si/c1-26-29(27-2,28-3)20-12-13-24(25)19(15-20)16-23-21-10-6-4-8-17(21)14-18-9-5-7-11-22(18)23/h4-15,25H,16H2,1-3H3. The van der Waals surface area contributed by atoms with Crippen molar-refractivity contribution in [3.8, 4) is 5.75 Å². The summed E-state index contributed by atoms with van der Waals surface area (Å²) >= 11 is 0. The van der Waals surface area contributed by atoms with E-state index in [1.807, 2.05) is 12.1 Å². The molecule has 0 atom stereocenters. The van der Waals surface area contributed by atoms with Crippen molar-refractivity contribution in [2.75, 3.05) is 21.3 Å². The highest BCUT2D eigenvalue weighted by Crippen LogP contribution is 2.32. The lowest BCUT2D eigenvalue weighted by molar-refractivity contribution is 0.140. The average molecular weight is 405 g/mol. The van der Waals surface area contributed by atoms with E-state index in [4.69, 9.17) is 13.3 Å². The Kier molecular flexibility index (Phi) is 5.39. The fourth-order valence-electron chi connectivity index (χ4n) is 4.01. The molecule has 1 N–H and O–H groups in total. The Morgan fingerprint density at radius 3 is 1.83 bits per heavy atom. The number of phenolic OH excluding ortho intramolecular Hbond substituents is 1. The van der Waals surface area contributed by atoms with E-state index in [1.54, 1.807) is 27.4 Å². The summed E-state index contributed by atoms with van der Waals surface area (Å²) in [4.78, 5) is 0. The summed E-state index contributed by atoms with van der Waals surface area (Å²) < 4.78 is 16.9. The Hall–Kier alpha value is -2.70. The molecular formula is C24H24O4Si. The van der Waals surface area contributed by atoms with Gasteiger partial charge in [-0.2, -0.15) is 0 Å². The van der Waals surface area contributed by atoms with Crippen molar-refractivity contribution in [1.29, 1.82) is 0 Å². The maximum atomic E-state index is 10.6. The summed E-state index contributed by atoms with van der Waals surface area (Å²) in [6, 6.07) is 24.4. The third-order valence-corrected chi connectivity index (χ3v) is 8.12. The SMILES string of the molecule is CO[Si](OC)(OC)c1ccc(O)c(Cc2c3ccccc3cc3ccccc23)c1. The molecule has 0 spiro atoms. The van der Waals surface area contributed by atoms with Crippen molar-refractivity contribution in [3.63, 3.8) is 0 Å². The van der Waals surface area contributed by atoms with Crippen molar-refractivity contribution in [3.05, 3.63) is 83.9 Å². The highest BCUT2D eigenvalue weighted by atomic mass is 28.4. The maximum Gasteiger partial charge on any atom is 0.536 e. The van der Waals surface area contributed by atoms with Crippen LogP contribution >= 0.6 is 0 Å². The highest BCUT2D eigenvalue weighted by Gasteiger charge is 2.41. The van der Waals surface area contributed by atoms with Gasteiger partial charge in [0.2, 0.25) is 0 Å². The van der Waals surface area contributed by atoms with E-state index in [2.05, 4.69) is 54.6 Å². The van der Waals surface area contributed by atoms with E-state index < -0.39 is 8.80 Å². The lowest BCUT2D eigenvalue weighted by Crippen LogP contribution is -2.54. The van der Waals surface area contributed by atoms with Crippen LogP contribution in [0.4, 0.5) is 0 Å². The van der Waals surface area contributed by atoms with E-state index in [1.165, 1.54) is 27.1 Å². The molecule has 0 aliphatic carbocycles. The Labute approximate surface area is 171 Å². The molecule has 0 saturated carbocycles. The average Bonchev–Trinajstić information content (AvgIpc) is 2.77. The second-order valence-corrected chi connectivity index (χ2v) is 9.90. The smallest absolute Gasteiger partial charge is 0.508 e. The second kappa shape index (κ2) is 7.97. The Morgan fingerprint density at radius 2 is 1.28 bits per heavy atom. The van der Waals surface area contributed by atoms with Crippen molar-refractivity contribution in [2.24, 2.45) is 0 Å². The molecule has 4 nitrogen and oxygen atoms in total. The molecule has 0 heterocycles. The molecule has 0 aliphatic rings. The van der Waals surface area contributed by atoms with E-state index in [0.29, 0.717) is 6.42 Å². The molecule has 0 amide bonds. The topological polar surface area (TPSA) is 47.9 Å². The molecular weight excluding hydrogens is 380 g/mol. The Bertz CT molecular complexity index is 1110. The molecule has 29 heavy (non-hydrogen) atoms. The second-order valence-electron chi connectivity index (χ2n) is 6.99. The predicted octanol–water partition coefficient (Wildman–Crippen LogP) is 4.37. The molecule has 0 aliphatic heterocycles. The molecule has 0 bridgehead atoms. The number of aromatic hydroxyl groups is 1. The molecule has 4 rings (SSSR count). The van der Waals surface area contributed by atoms with Crippen LogP contribution in [0.1, 0.15) is 11.1 Å². The van der Waals surface area contributed by atoms with Crippen LogP contribution in [0.3, 0.4) is 0 Å². The van der Waals surface area contributed by atoms with Gasteiger partial charge in [-0.05, 0) is 50.9 Å². The number of hydrogen-bond acceptors (Lipinski definition) is 4. The van der Waals surface area contributed by atoms with Gasteiger partial charge >= 0.3 is 8.80 Å². The van der Waals surface area contributed by atoms with Gasteiger partial charge in [-0.25, -0.2) is 0 Å². The fourth-order valence-corrected chi connectivity index (χ4v) is 5.86. The number of benzene rings is 4. The first-order chi connectivity index (χ1) is 14.1. The van der Waals surface area contributed by atoms with E-state index in [0.717, 1.165) is 10.8 Å². The van der Waals surface area contributed by atoms with Gasteiger partial charge in [-0.15, -0.1) is 0 Å². The van der Waals surface area contributed by atoms with Gasteiger partial charge in [-0.1, -0.05) is 54.6 Å². The lowest BCUT2D eigenvalue weighted by atomic mass is 9.92. The number of rotatable bonds is 6. The van der Waals surface area contributed by atoms with Crippen LogP contribution in [0.25, 0.3) is 21.5 Å². The highest BCUT2D eigenvalue weighted by molar-refractivity contribution is 6.75. The van der Waals surface area contributed by atoms with Crippen molar-refractivity contribution in [2.45, 2.75) is 6.42 Å². The van der Waals surface area contributed by atoms with Crippen LogP contribution in [0.2, 0.25) is 0 Å². The van der Waals surface area contributed by atoms with Crippen LogP contribution in [0, 0.1) is 0 Å². The normalized spacial score (nSPS) is 12.0. The summed E-state index contributed by atoms with van der Waals surface area (Å²) in [7, 11) is 1.78. The van der Waals surface area contributed by atoms with Crippen molar-refractivity contribution in [1.82, 2.24) is 0 Å². The van der Waals surface area contributed by atoms with Crippen LogP contribution in [-0.2, 0) is 19.7 Å². The maximum absolute atomic E-state index is 10.6. The minimum absolute atomic E-state index is 0.247. The van der Waals surface area contributed by atoms with Gasteiger partial charge in [-0.3, -0.25) is 0 Å². The number of phenols is 1. The van der Waals surface area contributed by atoms with Gasteiger partial charge in [0.15, 0.2) is 0 Å². The van der Waals surface area contributed by atoms with Gasteiger partial charge in [0.25, 0.3) is 0 Å². The number of fused-ring (bicyclic) bond motifs is 2. The van der Waals surface area contributed by atoms with Gasteiger partial charge in [0.05, 0.1) is 0 Å². The first-order valence-electron chi connectivity index (χ1n) is 9.49. The Balaban J connectivity index is 1.90. The summed E-state index contributed by atoms with van der Waals surface area (Å²) in [5, 5.41) is 16.2. The van der Waals surface area contributed by atoms with Crippen molar-refractivity contribution < 1.29 is 18.4 Å². The van der Waals surface area contributed by atoms with Gasteiger partial charge < -0.3 is 18.4 Å². The first-order valence-corrected chi connectivity index (χ1v) is 11.2. The van der Waals surface area contributed by atoms with Crippen LogP contribution in [0.5, 0.6) is 5.75 Å². The van der Waals surface area contributed by atoms with Crippen LogP contribution in [-0.4, -0.2) is 35.2 Å². The quantitative estimate of drug-likeness (QED) is 0.383. The first kappa shape index (κ1) is 19.6. The molecule has 0 saturated heterocycles. The molecule has 0 aromatic heterocycles. The van der Waals surface area contributed by atoms with Crippen LogP contribution < -0.4 is 5.19 Å². The monoisotopic (exact) mass is 404 g/mol. The zero-order chi connectivity index (χ0) is 20.4. The Morgan fingerprint density at radius 1 is 0.724 bits per heavy atom. The summed E-state index contributed by atoms with van der Waals surface area (Å²) in [5.41, 5.74) is 2.00. The third-order valence-electron chi connectivity index (χ3n) is 5.49. The van der Waals surface area contributed by atoms with E-state index in [9.17, 15) is 5.11 Å². The minimum atomic E-state index is -2.98. The molecule has 0 fully saturated rings. The zero-order valence-corrected chi connectivity index (χ0v) is 17.8. The minimum Gasteiger partial charge on any atom is -0.508 e. The number of hydrogen-bond donors (Lipinski definition) is 1. The van der Waals surface area contributed by atoms with Gasteiger partial charge in [0.1, 0.15) is 5.75 Å². The van der Waals surface area contributed by atoms with E-state index in [-0.39, 0.29) is 5.75 Å². The largest absolute Gasteiger partial charge is 0.536 e. The summed E-state index contributed by atoms with van der Waals surface area (Å²) in [5.74, 6) is 0.247. The third kappa shape index (κ3) is 3.43. The lowest BCUT2D eigenvalue weighted by Gasteiger charge is -2.25. The molecule has 4 aromatic rings. The van der Waals surface area contributed by atoms with Crippen LogP contribution in [0.15, 0.2) is 72.8 Å². The van der Waals surface area contributed by atoms with E-state index >= 15 is 0 Å². The molecule has 0 unspecified atom stereocenters. The predicted molar refractivity (Wildman–Crippen MR) is 119 cm³/mol.